The van der Waals surface area contributed by atoms with Crippen LogP contribution in [0.15, 0.2) is 18.2 Å². The zero-order chi connectivity index (χ0) is 15.1. The highest BCUT2D eigenvalue weighted by atomic mass is 16.5. The number of hydrogen-bond acceptors (Lipinski definition) is 4. The summed E-state index contributed by atoms with van der Waals surface area (Å²) in [6.07, 6.45) is 0.224. The molecule has 1 aromatic carbocycles. The van der Waals surface area contributed by atoms with Gasteiger partial charge in [-0.25, -0.2) is 4.79 Å². The fraction of sp³-hybridized carbons (Fsp3) is 0.429. The first-order valence-electron chi connectivity index (χ1n) is 6.26. The number of amides is 1. The molecule has 0 radical (unpaired) electrons. The summed E-state index contributed by atoms with van der Waals surface area (Å²) in [6.45, 7) is 4.05. The van der Waals surface area contributed by atoms with Crippen LogP contribution in [0.25, 0.3) is 0 Å². The van der Waals surface area contributed by atoms with Crippen LogP contribution in [-0.4, -0.2) is 36.8 Å². The van der Waals surface area contributed by atoms with Crippen molar-refractivity contribution < 1.29 is 24.2 Å². The van der Waals surface area contributed by atoms with Crippen molar-refractivity contribution in [1.82, 2.24) is 0 Å². The molecule has 0 aliphatic carbocycles. The quantitative estimate of drug-likeness (QED) is 0.800. The summed E-state index contributed by atoms with van der Waals surface area (Å²) in [4.78, 5) is 22.9. The molecule has 20 heavy (non-hydrogen) atoms. The maximum atomic E-state index is 11.7. The lowest BCUT2D eigenvalue weighted by Crippen LogP contribution is -2.17. The summed E-state index contributed by atoms with van der Waals surface area (Å²) in [5.74, 6) is -1.00. The van der Waals surface area contributed by atoms with Crippen LogP contribution in [0.3, 0.4) is 0 Å². The lowest BCUT2D eigenvalue weighted by atomic mass is 10.1. The van der Waals surface area contributed by atoms with Gasteiger partial charge >= 0.3 is 5.97 Å². The van der Waals surface area contributed by atoms with Gasteiger partial charge in [0, 0.05) is 0 Å². The Balaban J connectivity index is 2.71. The molecule has 0 heterocycles. The van der Waals surface area contributed by atoms with Gasteiger partial charge in [-0.3, -0.25) is 4.79 Å². The number of aromatic carboxylic acids is 1. The molecule has 0 aromatic heterocycles. The van der Waals surface area contributed by atoms with Crippen LogP contribution in [0.4, 0.5) is 5.69 Å². The number of ether oxygens (including phenoxy) is 2. The Bertz CT molecular complexity index is 484. The number of carbonyl (C=O) groups excluding carboxylic acids is 1. The summed E-state index contributed by atoms with van der Waals surface area (Å²) >= 11 is 0. The zero-order valence-electron chi connectivity index (χ0n) is 11.8. The van der Waals surface area contributed by atoms with Crippen molar-refractivity contribution in [3.05, 3.63) is 23.8 Å². The molecule has 6 nitrogen and oxygen atoms in total. The molecule has 0 saturated heterocycles. The normalized spacial score (nSPS) is 10.4. The maximum absolute atomic E-state index is 11.7. The first-order chi connectivity index (χ1) is 9.43. The number of anilines is 1. The molecule has 0 aliphatic rings. The van der Waals surface area contributed by atoms with Gasteiger partial charge in [-0.05, 0) is 32.0 Å². The lowest BCUT2D eigenvalue weighted by Gasteiger charge is -2.11. The summed E-state index contributed by atoms with van der Waals surface area (Å²) < 4.78 is 10.2. The first-order valence-corrected chi connectivity index (χ1v) is 6.26. The van der Waals surface area contributed by atoms with E-state index in [-0.39, 0.29) is 29.7 Å². The van der Waals surface area contributed by atoms with Gasteiger partial charge in [0.15, 0.2) is 0 Å². The Morgan fingerprint density at radius 2 is 2.05 bits per heavy atom. The highest BCUT2D eigenvalue weighted by Gasteiger charge is 2.13. The Labute approximate surface area is 117 Å². The van der Waals surface area contributed by atoms with E-state index in [1.807, 2.05) is 13.8 Å². The Morgan fingerprint density at radius 1 is 1.35 bits per heavy atom. The van der Waals surface area contributed by atoms with Gasteiger partial charge in [0.1, 0.15) is 5.75 Å². The molecule has 6 heteroatoms. The van der Waals surface area contributed by atoms with E-state index in [0.717, 1.165) is 0 Å². The minimum Gasteiger partial charge on any atom is -0.497 e. The molecule has 0 spiro atoms. The Kier molecular flexibility index (Phi) is 5.99. The number of carbonyl (C=O) groups is 2. The van der Waals surface area contributed by atoms with Crippen LogP contribution in [0.2, 0.25) is 0 Å². The van der Waals surface area contributed by atoms with E-state index < -0.39 is 5.97 Å². The highest BCUT2D eigenvalue weighted by Crippen LogP contribution is 2.22. The van der Waals surface area contributed by atoms with Crippen molar-refractivity contribution in [3.63, 3.8) is 0 Å². The van der Waals surface area contributed by atoms with Crippen molar-refractivity contribution >= 4 is 17.6 Å². The fourth-order valence-corrected chi connectivity index (χ4v) is 1.54. The summed E-state index contributed by atoms with van der Waals surface area (Å²) in [5, 5.41) is 11.7. The molecule has 2 N–H and O–H groups in total. The number of carboxylic acid groups (broad SMARTS) is 1. The summed E-state index contributed by atoms with van der Waals surface area (Å²) in [5.41, 5.74) is 0.232. The third kappa shape index (κ3) is 4.89. The smallest absolute Gasteiger partial charge is 0.337 e. The van der Waals surface area contributed by atoms with E-state index in [1.54, 1.807) is 6.07 Å². The molecular weight excluding hydrogens is 262 g/mol. The molecule has 0 saturated carbocycles. The van der Waals surface area contributed by atoms with Crippen LogP contribution >= 0.6 is 0 Å². The summed E-state index contributed by atoms with van der Waals surface area (Å²) in [6, 6.07) is 4.46. The van der Waals surface area contributed by atoms with Crippen molar-refractivity contribution in [2.45, 2.75) is 26.4 Å². The van der Waals surface area contributed by atoms with E-state index in [0.29, 0.717) is 12.4 Å². The third-order valence-electron chi connectivity index (χ3n) is 2.51. The van der Waals surface area contributed by atoms with Gasteiger partial charge in [0.2, 0.25) is 5.91 Å². The van der Waals surface area contributed by atoms with Gasteiger partial charge in [-0.15, -0.1) is 0 Å². The monoisotopic (exact) mass is 281 g/mol. The first kappa shape index (κ1) is 16.0. The molecule has 0 fully saturated rings. The van der Waals surface area contributed by atoms with Crippen LogP contribution in [0.1, 0.15) is 30.6 Å². The van der Waals surface area contributed by atoms with Gasteiger partial charge in [-0.1, -0.05) is 0 Å². The standard InChI is InChI=1S/C14H19NO5/c1-9(2)20-7-6-13(16)15-12-5-4-10(19-3)8-11(12)14(17)18/h4-5,8-9H,6-7H2,1-3H3,(H,15,16)(H,17,18). The number of carboxylic acids is 1. The van der Waals surface area contributed by atoms with Gasteiger partial charge in [-0.2, -0.15) is 0 Å². The second kappa shape index (κ2) is 7.49. The minimum absolute atomic E-state index is 0.0116. The van der Waals surface area contributed by atoms with Crippen LogP contribution in [-0.2, 0) is 9.53 Å². The number of methoxy groups -OCH3 is 1. The molecule has 0 bridgehead atoms. The van der Waals surface area contributed by atoms with Gasteiger partial charge in [0.05, 0.1) is 37.5 Å². The van der Waals surface area contributed by atoms with E-state index in [9.17, 15) is 9.59 Å². The second-order valence-corrected chi connectivity index (χ2v) is 4.43. The highest BCUT2D eigenvalue weighted by molar-refractivity contribution is 6.00. The maximum Gasteiger partial charge on any atom is 0.337 e. The minimum atomic E-state index is -1.13. The molecule has 0 unspecified atom stereocenters. The molecular formula is C14H19NO5. The number of nitrogens with one attached hydrogen (secondary N) is 1. The third-order valence-corrected chi connectivity index (χ3v) is 2.51. The van der Waals surface area contributed by atoms with Crippen LogP contribution in [0.5, 0.6) is 5.75 Å². The van der Waals surface area contributed by atoms with Crippen molar-refractivity contribution in [1.29, 1.82) is 0 Å². The molecule has 1 amide bonds. The average molecular weight is 281 g/mol. The molecule has 1 rings (SSSR count). The fourth-order valence-electron chi connectivity index (χ4n) is 1.54. The average Bonchev–Trinajstić information content (AvgIpc) is 2.38. The topological polar surface area (TPSA) is 84.9 Å². The predicted molar refractivity (Wildman–Crippen MR) is 74.3 cm³/mol. The summed E-state index contributed by atoms with van der Waals surface area (Å²) in [7, 11) is 1.45. The Hall–Kier alpha value is -2.08. The number of benzene rings is 1. The molecule has 110 valence electrons. The zero-order valence-corrected chi connectivity index (χ0v) is 11.8. The van der Waals surface area contributed by atoms with E-state index >= 15 is 0 Å². The van der Waals surface area contributed by atoms with Crippen molar-refractivity contribution in [3.8, 4) is 5.75 Å². The van der Waals surface area contributed by atoms with Gasteiger partial charge in [0.25, 0.3) is 0 Å². The second-order valence-electron chi connectivity index (χ2n) is 4.43. The lowest BCUT2D eigenvalue weighted by molar-refractivity contribution is -0.117. The van der Waals surface area contributed by atoms with E-state index in [1.165, 1.54) is 19.2 Å². The van der Waals surface area contributed by atoms with Crippen molar-refractivity contribution in [2.75, 3.05) is 19.0 Å². The van der Waals surface area contributed by atoms with Crippen molar-refractivity contribution in [2.24, 2.45) is 0 Å². The number of rotatable bonds is 7. The Morgan fingerprint density at radius 3 is 2.60 bits per heavy atom. The molecule has 0 aliphatic heterocycles. The number of hydrogen-bond donors (Lipinski definition) is 2. The molecule has 0 atom stereocenters. The largest absolute Gasteiger partial charge is 0.497 e. The SMILES string of the molecule is COc1ccc(NC(=O)CCOC(C)C)c(C(=O)O)c1. The van der Waals surface area contributed by atoms with E-state index in [2.05, 4.69) is 5.32 Å². The van der Waals surface area contributed by atoms with E-state index in [4.69, 9.17) is 14.6 Å². The van der Waals surface area contributed by atoms with Crippen LogP contribution < -0.4 is 10.1 Å². The molecule has 1 aromatic rings. The van der Waals surface area contributed by atoms with Crippen LogP contribution in [0, 0.1) is 0 Å². The predicted octanol–water partition coefficient (Wildman–Crippen LogP) is 2.15. The van der Waals surface area contributed by atoms with Gasteiger partial charge < -0.3 is 19.9 Å².